The van der Waals surface area contributed by atoms with Gasteiger partial charge in [-0.25, -0.2) is 13.2 Å². The summed E-state index contributed by atoms with van der Waals surface area (Å²) in [7, 11) is -3.53. The molecular weight excluding hydrogens is 526 g/mol. The van der Waals surface area contributed by atoms with Crippen molar-refractivity contribution in [1.82, 2.24) is 9.71 Å². The van der Waals surface area contributed by atoms with Crippen LogP contribution in [0.25, 0.3) is 10.9 Å². The number of fused-ring (bicyclic) bond motifs is 1. The molecule has 0 aliphatic rings. The van der Waals surface area contributed by atoms with Crippen LogP contribution in [0.1, 0.15) is 43.1 Å². The Kier molecular flexibility index (Phi) is 9.25. The molecule has 0 saturated heterocycles. The second kappa shape index (κ2) is 12.2. The third kappa shape index (κ3) is 7.74. The zero-order valence-electron chi connectivity index (χ0n) is 22.1. The van der Waals surface area contributed by atoms with E-state index in [9.17, 15) is 22.8 Å². The molecule has 0 unspecified atom stereocenters. The van der Waals surface area contributed by atoms with Crippen LogP contribution in [0.2, 0.25) is 0 Å². The number of nitrogens with zero attached hydrogens (tertiary/aromatic N) is 1. The molecule has 1 amide bonds. The van der Waals surface area contributed by atoms with Crippen LogP contribution < -0.4 is 15.2 Å². The first kappa shape index (κ1) is 29.5. The van der Waals surface area contributed by atoms with Crippen LogP contribution in [0.3, 0.4) is 0 Å². The maximum atomic E-state index is 13.5. The number of ether oxygens (including phenoxy) is 3. The van der Waals surface area contributed by atoms with Gasteiger partial charge in [0.05, 0.1) is 31.2 Å². The SMILES string of the molecule is COC(=O)c1cccc(OCCc2cccc3ncccc23)c1S(=O)(=O)N[C@@H](CC(=O)OC(C)(C)C)C(N)=O. The molecule has 0 fully saturated rings. The molecule has 1 aromatic heterocycles. The number of hydrogen-bond acceptors (Lipinski definition) is 9. The Morgan fingerprint density at radius 3 is 2.44 bits per heavy atom. The summed E-state index contributed by atoms with van der Waals surface area (Å²) in [6.07, 6.45) is 1.44. The van der Waals surface area contributed by atoms with Crippen molar-refractivity contribution in [2.75, 3.05) is 13.7 Å². The lowest BCUT2D eigenvalue weighted by atomic mass is 10.1. The van der Waals surface area contributed by atoms with Crippen molar-refractivity contribution in [1.29, 1.82) is 0 Å². The van der Waals surface area contributed by atoms with E-state index in [4.69, 9.17) is 19.9 Å². The highest BCUT2D eigenvalue weighted by Gasteiger charge is 2.33. The summed E-state index contributed by atoms with van der Waals surface area (Å²) in [5, 5.41) is 0.924. The minimum atomic E-state index is -4.63. The first-order valence-electron chi connectivity index (χ1n) is 12.0. The van der Waals surface area contributed by atoms with Crippen molar-refractivity contribution in [3.63, 3.8) is 0 Å². The van der Waals surface area contributed by atoms with Crippen molar-refractivity contribution >= 4 is 38.8 Å². The Morgan fingerprint density at radius 2 is 1.77 bits per heavy atom. The highest BCUT2D eigenvalue weighted by molar-refractivity contribution is 7.89. The maximum Gasteiger partial charge on any atom is 0.339 e. The number of methoxy groups -OCH3 is 1. The average Bonchev–Trinajstić information content (AvgIpc) is 2.86. The molecule has 0 aliphatic carbocycles. The van der Waals surface area contributed by atoms with Crippen LogP contribution in [0.4, 0.5) is 0 Å². The van der Waals surface area contributed by atoms with Crippen LogP contribution in [0.15, 0.2) is 59.6 Å². The van der Waals surface area contributed by atoms with Crippen molar-refractivity contribution in [2.45, 2.75) is 50.2 Å². The zero-order chi connectivity index (χ0) is 28.8. The van der Waals surface area contributed by atoms with E-state index in [0.29, 0.717) is 6.42 Å². The number of amides is 1. The summed E-state index contributed by atoms with van der Waals surface area (Å²) in [5.74, 6) is -3.03. The summed E-state index contributed by atoms with van der Waals surface area (Å²) in [4.78, 5) is 40.6. The molecule has 0 spiro atoms. The lowest BCUT2D eigenvalue weighted by Gasteiger charge is -2.22. The van der Waals surface area contributed by atoms with Gasteiger partial charge < -0.3 is 19.9 Å². The van der Waals surface area contributed by atoms with Gasteiger partial charge in [-0.05, 0) is 50.6 Å². The smallest absolute Gasteiger partial charge is 0.339 e. The predicted molar refractivity (Wildman–Crippen MR) is 142 cm³/mol. The maximum absolute atomic E-state index is 13.5. The Balaban J connectivity index is 1.91. The van der Waals surface area contributed by atoms with Gasteiger partial charge in [0.1, 0.15) is 22.3 Å². The first-order valence-corrected chi connectivity index (χ1v) is 13.5. The number of carbonyl (C=O) groups excluding carboxylic acids is 3. The second-order valence-corrected chi connectivity index (χ2v) is 11.2. The number of rotatable bonds is 11. The van der Waals surface area contributed by atoms with E-state index in [-0.39, 0.29) is 17.9 Å². The van der Waals surface area contributed by atoms with Crippen LogP contribution in [-0.2, 0) is 35.5 Å². The van der Waals surface area contributed by atoms with Crippen LogP contribution in [0, 0.1) is 0 Å². The Bertz CT molecular complexity index is 1480. The number of esters is 2. The minimum Gasteiger partial charge on any atom is -0.492 e. The molecule has 3 aromatic rings. The summed E-state index contributed by atoms with van der Waals surface area (Å²) in [6, 6.07) is 11.8. The topological polar surface area (TPSA) is 164 Å². The zero-order valence-corrected chi connectivity index (χ0v) is 22.9. The predicted octanol–water partition coefficient (Wildman–Crippen LogP) is 2.51. The van der Waals surface area contributed by atoms with Gasteiger partial charge in [0, 0.05) is 18.0 Å². The molecule has 0 radical (unpaired) electrons. The molecular formula is C27H31N3O8S. The third-order valence-electron chi connectivity index (χ3n) is 5.45. The van der Waals surface area contributed by atoms with Crippen molar-refractivity contribution in [3.05, 3.63) is 65.9 Å². The Hall–Kier alpha value is -4.03. The summed E-state index contributed by atoms with van der Waals surface area (Å²) < 4.78 is 44.9. The van der Waals surface area contributed by atoms with Gasteiger partial charge in [-0.1, -0.05) is 24.3 Å². The van der Waals surface area contributed by atoms with Gasteiger partial charge in [-0.2, -0.15) is 4.72 Å². The number of primary amides is 1. The average molecular weight is 558 g/mol. The highest BCUT2D eigenvalue weighted by atomic mass is 32.2. The van der Waals surface area contributed by atoms with E-state index in [1.165, 1.54) is 18.2 Å². The van der Waals surface area contributed by atoms with Crippen LogP contribution in [-0.4, -0.2) is 56.6 Å². The molecule has 0 aliphatic heterocycles. The molecule has 2 aromatic carbocycles. The molecule has 12 heteroatoms. The van der Waals surface area contributed by atoms with Crippen molar-refractivity contribution in [2.24, 2.45) is 5.73 Å². The first-order chi connectivity index (χ1) is 18.3. The van der Waals surface area contributed by atoms with Crippen LogP contribution in [0.5, 0.6) is 5.75 Å². The van der Waals surface area contributed by atoms with Gasteiger partial charge in [-0.3, -0.25) is 14.6 Å². The number of benzene rings is 2. The minimum absolute atomic E-state index is 0.0539. The number of pyridine rings is 1. The number of nitrogens with one attached hydrogen (secondary N) is 1. The molecule has 11 nitrogen and oxygen atoms in total. The van der Waals surface area contributed by atoms with Crippen molar-refractivity contribution in [3.8, 4) is 5.75 Å². The highest BCUT2D eigenvalue weighted by Crippen LogP contribution is 2.29. The fraction of sp³-hybridized carbons (Fsp3) is 0.333. The van der Waals surface area contributed by atoms with Crippen LogP contribution >= 0.6 is 0 Å². The number of nitrogens with two attached hydrogens (primary N) is 1. The molecule has 208 valence electrons. The number of hydrogen-bond donors (Lipinski definition) is 2. The van der Waals surface area contributed by atoms with Gasteiger partial charge in [0.25, 0.3) is 0 Å². The number of sulfonamides is 1. The Morgan fingerprint density at radius 1 is 1.05 bits per heavy atom. The molecule has 0 saturated carbocycles. The quantitative estimate of drug-likeness (QED) is 0.337. The molecule has 1 heterocycles. The molecule has 39 heavy (non-hydrogen) atoms. The Labute approximate surface area is 226 Å². The largest absolute Gasteiger partial charge is 0.492 e. The normalized spacial score (nSPS) is 12.5. The van der Waals surface area contributed by atoms with Gasteiger partial charge >= 0.3 is 11.9 Å². The lowest BCUT2D eigenvalue weighted by Crippen LogP contribution is -2.46. The molecule has 1 atom stereocenters. The van der Waals surface area contributed by atoms with E-state index in [1.54, 1.807) is 27.0 Å². The van der Waals surface area contributed by atoms with Gasteiger partial charge in [0.15, 0.2) is 0 Å². The summed E-state index contributed by atoms with van der Waals surface area (Å²) in [6.45, 7) is 4.93. The standard InChI is InChI=1S/C27H31N3O8S/c1-27(2,3)38-23(31)16-21(25(28)32)30-39(34,35)24-19(26(33)36-4)9-6-12-22(24)37-15-13-17-8-5-11-20-18(17)10-7-14-29-20/h5-12,14,21,30H,13,15-16H2,1-4H3,(H2,28,32)/t21-/m0/s1. The summed E-state index contributed by atoms with van der Waals surface area (Å²) in [5.41, 5.74) is 5.93. The van der Waals surface area contributed by atoms with E-state index >= 15 is 0 Å². The van der Waals surface area contributed by atoms with Gasteiger partial charge in [0.2, 0.25) is 15.9 Å². The monoisotopic (exact) mass is 557 g/mol. The second-order valence-electron chi connectivity index (χ2n) is 9.58. The third-order valence-corrected chi connectivity index (χ3v) is 7.00. The lowest BCUT2D eigenvalue weighted by molar-refractivity contribution is -0.156. The fourth-order valence-corrected chi connectivity index (χ4v) is 5.35. The van der Waals surface area contributed by atoms with E-state index in [2.05, 4.69) is 9.71 Å². The fourth-order valence-electron chi connectivity index (χ4n) is 3.83. The number of aromatic nitrogens is 1. The summed E-state index contributed by atoms with van der Waals surface area (Å²) >= 11 is 0. The number of carbonyl (C=O) groups is 3. The molecule has 3 N–H and O–H groups in total. The molecule has 0 bridgehead atoms. The van der Waals surface area contributed by atoms with Gasteiger partial charge in [-0.15, -0.1) is 0 Å². The van der Waals surface area contributed by atoms with Crippen molar-refractivity contribution < 1.29 is 37.0 Å². The van der Waals surface area contributed by atoms with E-state index < -0.39 is 50.8 Å². The van der Waals surface area contributed by atoms with E-state index in [1.807, 2.05) is 30.3 Å². The molecule has 3 rings (SSSR count). The van der Waals surface area contributed by atoms with E-state index in [0.717, 1.165) is 23.6 Å².